The maximum absolute atomic E-state index is 7.45. The maximum atomic E-state index is 7.45. The van der Waals surface area contributed by atoms with Crippen molar-refractivity contribution in [2.24, 2.45) is 5.50 Å². The Morgan fingerprint density at radius 3 is 2.20 bits per heavy atom. The summed E-state index contributed by atoms with van der Waals surface area (Å²) in [6, 6.07) is 9.71. The van der Waals surface area contributed by atoms with Crippen LogP contribution in [0.5, 0.6) is 5.75 Å². The van der Waals surface area contributed by atoms with Crippen molar-refractivity contribution in [2.75, 3.05) is 20.3 Å². The molecular weight excluding hydrogens is 217 g/mol. The molecule has 0 saturated carbocycles. The second-order valence-electron chi connectivity index (χ2n) is 2.47. The van der Waals surface area contributed by atoms with Crippen molar-refractivity contribution < 1.29 is 19.3 Å². The van der Waals surface area contributed by atoms with Gasteiger partial charge in [-0.05, 0) is 12.1 Å². The van der Waals surface area contributed by atoms with Crippen molar-refractivity contribution >= 4 is 8.53 Å². The summed E-state index contributed by atoms with van der Waals surface area (Å²) in [6.07, 6.45) is 0. The van der Waals surface area contributed by atoms with Gasteiger partial charge in [0.25, 0.3) is 0 Å². The van der Waals surface area contributed by atoms with E-state index in [2.05, 4.69) is 5.50 Å². The first-order valence-electron chi connectivity index (χ1n) is 4.26. The summed E-state index contributed by atoms with van der Waals surface area (Å²) in [4.78, 5) is 14.9. The highest BCUT2D eigenvalue weighted by molar-refractivity contribution is 7.42. The molecule has 0 aliphatic rings. The van der Waals surface area contributed by atoms with Gasteiger partial charge in [0.05, 0.1) is 6.61 Å². The summed E-state index contributed by atoms with van der Waals surface area (Å²) in [6.45, 7) is 1.25. The van der Waals surface area contributed by atoms with E-state index in [0.29, 0.717) is 13.2 Å². The highest BCUT2D eigenvalue weighted by atomic mass is 31.2. The molecule has 86 valence electrons. The minimum Gasteiger partial charge on any atom is -0.491 e. The fourth-order valence-corrected chi connectivity index (χ4v) is 0.760. The minimum absolute atomic E-state index is 0.612. The lowest BCUT2D eigenvalue weighted by molar-refractivity contribution is 0.146. The van der Waals surface area contributed by atoms with Crippen LogP contribution < -0.4 is 10.2 Å². The molecule has 6 heteroatoms. The number of hydrogen-bond acceptors (Lipinski definition) is 5. The highest BCUT2D eigenvalue weighted by Crippen LogP contribution is 2.07. The Labute approximate surface area is 90.4 Å². The number of para-hydroxylation sites is 1. The number of methoxy groups -OCH3 is 1. The van der Waals surface area contributed by atoms with E-state index in [4.69, 9.17) is 19.3 Å². The molecule has 0 bridgehead atoms. The first-order chi connectivity index (χ1) is 7.16. The van der Waals surface area contributed by atoms with Crippen LogP contribution in [0.1, 0.15) is 0 Å². The van der Waals surface area contributed by atoms with Gasteiger partial charge in [-0.3, -0.25) is 5.50 Å². The predicted octanol–water partition coefficient (Wildman–Crippen LogP) is 0.868. The summed E-state index contributed by atoms with van der Waals surface area (Å²) in [5.74, 6) is 0.893. The smallest absolute Gasteiger partial charge is 0.247 e. The average molecular weight is 233 g/mol. The SMILES string of the molecule is COCCOc1ccccc1.NP(O)O. The van der Waals surface area contributed by atoms with Gasteiger partial charge in [0, 0.05) is 7.11 Å². The molecule has 0 atom stereocenters. The summed E-state index contributed by atoms with van der Waals surface area (Å²) < 4.78 is 10.2. The molecule has 0 fully saturated rings. The van der Waals surface area contributed by atoms with E-state index in [-0.39, 0.29) is 0 Å². The van der Waals surface area contributed by atoms with Crippen LogP contribution in [0.2, 0.25) is 0 Å². The lowest BCUT2D eigenvalue weighted by Gasteiger charge is -2.03. The second-order valence-corrected chi connectivity index (χ2v) is 3.12. The van der Waals surface area contributed by atoms with Gasteiger partial charge >= 0.3 is 0 Å². The topological polar surface area (TPSA) is 84.9 Å². The summed E-state index contributed by atoms with van der Waals surface area (Å²) in [7, 11) is -0.459. The van der Waals surface area contributed by atoms with Crippen molar-refractivity contribution in [3.8, 4) is 5.75 Å². The first-order valence-corrected chi connectivity index (χ1v) is 5.58. The van der Waals surface area contributed by atoms with Crippen LogP contribution in [0.15, 0.2) is 30.3 Å². The van der Waals surface area contributed by atoms with Crippen molar-refractivity contribution in [1.82, 2.24) is 0 Å². The van der Waals surface area contributed by atoms with E-state index in [1.165, 1.54) is 0 Å². The molecule has 0 spiro atoms. The largest absolute Gasteiger partial charge is 0.491 e. The first kappa shape index (κ1) is 14.3. The Bertz CT molecular complexity index is 230. The zero-order valence-electron chi connectivity index (χ0n) is 8.54. The molecule has 0 aliphatic carbocycles. The molecule has 0 unspecified atom stereocenters. The number of hydrogen-bond donors (Lipinski definition) is 3. The van der Waals surface area contributed by atoms with E-state index in [1.807, 2.05) is 30.3 Å². The number of nitrogens with two attached hydrogens (primary N) is 1. The lowest BCUT2D eigenvalue weighted by Crippen LogP contribution is -2.03. The quantitative estimate of drug-likeness (QED) is 0.530. The molecule has 0 aromatic heterocycles. The normalized spacial score (nSPS) is 9.40. The van der Waals surface area contributed by atoms with Gasteiger partial charge in [0.15, 0.2) is 0 Å². The Morgan fingerprint density at radius 1 is 1.20 bits per heavy atom. The summed E-state index contributed by atoms with van der Waals surface area (Å²) >= 11 is 0. The van der Waals surface area contributed by atoms with E-state index in [0.717, 1.165) is 5.75 Å². The van der Waals surface area contributed by atoms with Gasteiger partial charge in [-0.2, -0.15) is 0 Å². The minimum atomic E-state index is -2.12. The molecule has 5 nitrogen and oxygen atoms in total. The van der Waals surface area contributed by atoms with Crippen molar-refractivity contribution in [2.45, 2.75) is 0 Å². The van der Waals surface area contributed by atoms with E-state index in [9.17, 15) is 0 Å². The molecule has 1 rings (SSSR count). The third-order valence-corrected chi connectivity index (χ3v) is 1.30. The third-order valence-electron chi connectivity index (χ3n) is 1.30. The predicted molar refractivity (Wildman–Crippen MR) is 59.4 cm³/mol. The van der Waals surface area contributed by atoms with Crippen molar-refractivity contribution in [3.63, 3.8) is 0 Å². The molecular formula is C9H16NO4P. The Balaban J connectivity index is 0.000000423. The van der Waals surface area contributed by atoms with E-state index in [1.54, 1.807) is 7.11 Å². The Kier molecular flexibility index (Phi) is 9.36. The zero-order chi connectivity index (χ0) is 11.5. The van der Waals surface area contributed by atoms with Crippen LogP contribution >= 0.6 is 8.53 Å². The van der Waals surface area contributed by atoms with Gasteiger partial charge in [-0.15, -0.1) is 0 Å². The molecule has 0 amide bonds. The van der Waals surface area contributed by atoms with E-state index >= 15 is 0 Å². The fraction of sp³-hybridized carbons (Fsp3) is 0.333. The van der Waals surface area contributed by atoms with Gasteiger partial charge in [0.1, 0.15) is 12.4 Å². The number of rotatable bonds is 4. The summed E-state index contributed by atoms with van der Waals surface area (Å²) in [5, 5.41) is 0. The summed E-state index contributed by atoms with van der Waals surface area (Å²) in [5.41, 5.74) is 4.29. The average Bonchev–Trinajstić information content (AvgIpc) is 2.19. The van der Waals surface area contributed by atoms with E-state index < -0.39 is 8.53 Å². The van der Waals surface area contributed by atoms with Gasteiger partial charge in [0.2, 0.25) is 8.53 Å². The number of benzene rings is 1. The lowest BCUT2D eigenvalue weighted by atomic mass is 10.3. The molecule has 0 radical (unpaired) electrons. The van der Waals surface area contributed by atoms with Gasteiger partial charge < -0.3 is 19.3 Å². The van der Waals surface area contributed by atoms with Crippen LogP contribution in [-0.4, -0.2) is 30.1 Å². The highest BCUT2D eigenvalue weighted by Gasteiger charge is 1.88. The monoisotopic (exact) mass is 233 g/mol. The second kappa shape index (κ2) is 9.83. The van der Waals surface area contributed by atoms with Crippen LogP contribution in [0, 0.1) is 0 Å². The molecule has 15 heavy (non-hydrogen) atoms. The van der Waals surface area contributed by atoms with Crippen molar-refractivity contribution in [1.29, 1.82) is 0 Å². The van der Waals surface area contributed by atoms with Crippen LogP contribution in [0.3, 0.4) is 0 Å². The van der Waals surface area contributed by atoms with Crippen LogP contribution in [-0.2, 0) is 4.74 Å². The third kappa shape index (κ3) is 11.2. The molecule has 0 aliphatic heterocycles. The molecule has 1 aromatic carbocycles. The molecule has 4 N–H and O–H groups in total. The van der Waals surface area contributed by atoms with Gasteiger partial charge in [-0.1, -0.05) is 18.2 Å². The molecule has 0 saturated heterocycles. The Hall–Kier alpha value is -0.710. The van der Waals surface area contributed by atoms with Crippen LogP contribution in [0.4, 0.5) is 0 Å². The molecule has 1 aromatic rings. The van der Waals surface area contributed by atoms with Crippen molar-refractivity contribution in [3.05, 3.63) is 30.3 Å². The standard InChI is InChI=1S/C9H12O2.H4NO2P/c1-10-7-8-11-9-5-3-2-4-6-9;1-4(2)3/h2-6H,7-8H2,1H3;2-3H,1H2. The maximum Gasteiger partial charge on any atom is 0.247 e. The van der Waals surface area contributed by atoms with Gasteiger partial charge in [-0.25, -0.2) is 0 Å². The Morgan fingerprint density at radius 2 is 1.73 bits per heavy atom. The van der Waals surface area contributed by atoms with Crippen LogP contribution in [0.25, 0.3) is 0 Å². The number of ether oxygens (including phenoxy) is 2. The molecule has 0 heterocycles. The fourth-order valence-electron chi connectivity index (χ4n) is 0.760. The zero-order valence-corrected chi connectivity index (χ0v) is 9.43.